The molecule has 1 saturated heterocycles. The first-order valence-corrected chi connectivity index (χ1v) is 7.01. The summed E-state index contributed by atoms with van der Waals surface area (Å²) in [5.41, 5.74) is 5.88. The number of aliphatic carboxylic acids is 1. The number of nitrogens with zero attached hydrogens (tertiary/aromatic N) is 1. The molecule has 2 rings (SSSR count). The van der Waals surface area contributed by atoms with Gasteiger partial charge in [-0.1, -0.05) is 12.1 Å². The Morgan fingerprint density at radius 1 is 1.45 bits per heavy atom. The Morgan fingerprint density at radius 2 is 2.09 bits per heavy atom. The highest BCUT2D eigenvalue weighted by Crippen LogP contribution is 2.30. The van der Waals surface area contributed by atoms with Crippen LogP contribution in [0, 0.1) is 10.1 Å². The second-order valence-electron chi connectivity index (χ2n) is 5.38. The number of thiocarbonyl (C=S) groups is 1. The normalized spacial score (nSPS) is 21.8. The second-order valence-corrected chi connectivity index (χ2v) is 5.79. The van der Waals surface area contributed by atoms with Crippen LogP contribution in [0.25, 0.3) is 0 Å². The molecule has 0 amide bonds. The third-order valence-corrected chi connectivity index (χ3v) is 3.70. The number of rotatable bonds is 6. The summed E-state index contributed by atoms with van der Waals surface area (Å²) >= 11 is 5.00. The number of benzene rings is 1. The summed E-state index contributed by atoms with van der Waals surface area (Å²) in [7, 11) is 0. The van der Waals surface area contributed by atoms with Crippen LogP contribution in [0.1, 0.15) is 31.2 Å². The van der Waals surface area contributed by atoms with Crippen LogP contribution in [-0.4, -0.2) is 26.8 Å². The maximum Gasteiger partial charge on any atom is 0.303 e. The minimum Gasteiger partial charge on any atom is -0.481 e. The first-order chi connectivity index (χ1) is 10.3. The van der Waals surface area contributed by atoms with Gasteiger partial charge in [0.1, 0.15) is 5.66 Å². The quantitative estimate of drug-likeness (QED) is 0.351. The molecular formula is C13H16N4O4S. The zero-order valence-corrected chi connectivity index (χ0v) is 12.6. The molecule has 0 aromatic heterocycles. The lowest BCUT2D eigenvalue weighted by Crippen LogP contribution is -2.48. The van der Waals surface area contributed by atoms with Crippen LogP contribution in [0.5, 0.6) is 0 Å². The van der Waals surface area contributed by atoms with Crippen LogP contribution < -0.4 is 16.2 Å². The van der Waals surface area contributed by atoms with E-state index in [4.69, 9.17) is 17.3 Å². The monoisotopic (exact) mass is 324 g/mol. The van der Waals surface area contributed by atoms with Gasteiger partial charge in [0.05, 0.1) is 11.3 Å². The topological polar surface area (TPSA) is 117 Å². The predicted molar refractivity (Wildman–Crippen MR) is 83.1 cm³/mol. The number of nitrogens with one attached hydrogen (secondary N) is 3. The maximum atomic E-state index is 11.1. The van der Waals surface area contributed by atoms with E-state index in [-0.39, 0.29) is 18.0 Å². The van der Waals surface area contributed by atoms with E-state index >= 15 is 0 Å². The Balaban J connectivity index is 2.20. The van der Waals surface area contributed by atoms with Gasteiger partial charge in [0, 0.05) is 12.1 Å². The molecule has 1 aliphatic heterocycles. The van der Waals surface area contributed by atoms with Crippen LogP contribution >= 0.6 is 12.2 Å². The SMILES string of the molecule is CC1(CC(CC(=O)O)c2ccc([N+](=O)[O-])cc2)NNC(=S)N1. The highest BCUT2D eigenvalue weighted by molar-refractivity contribution is 7.80. The fourth-order valence-electron chi connectivity index (χ4n) is 2.49. The fraction of sp³-hybridized carbons (Fsp3) is 0.385. The number of hydrogen-bond donors (Lipinski definition) is 4. The van der Waals surface area contributed by atoms with Gasteiger partial charge in [-0.25, -0.2) is 5.43 Å². The molecule has 1 fully saturated rings. The number of carboxylic acid groups (broad SMARTS) is 1. The van der Waals surface area contributed by atoms with Crippen molar-refractivity contribution < 1.29 is 14.8 Å². The molecule has 0 aliphatic carbocycles. The van der Waals surface area contributed by atoms with Crippen LogP contribution in [0.3, 0.4) is 0 Å². The van der Waals surface area contributed by atoms with Crippen molar-refractivity contribution in [1.82, 2.24) is 16.2 Å². The van der Waals surface area contributed by atoms with E-state index in [9.17, 15) is 14.9 Å². The van der Waals surface area contributed by atoms with Crippen LogP contribution in [0.4, 0.5) is 5.69 Å². The Labute approximate surface area is 132 Å². The van der Waals surface area contributed by atoms with Gasteiger partial charge in [-0.05, 0) is 37.0 Å². The third-order valence-electron chi connectivity index (χ3n) is 3.49. The van der Waals surface area contributed by atoms with Crippen molar-refractivity contribution in [1.29, 1.82) is 0 Å². The standard InChI is InChI=1S/C13H16N4O4S/c1-13(14-12(22)15-16-13)7-9(6-11(18)19)8-2-4-10(5-3-8)17(20)21/h2-5,9,16H,6-7H2,1H3,(H,18,19)(H2,14,15,22). The summed E-state index contributed by atoms with van der Waals surface area (Å²) in [6.45, 7) is 1.86. The molecule has 1 aliphatic rings. The minimum absolute atomic E-state index is 0.0241. The maximum absolute atomic E-state index is 11.1. The largest absolute Gasteiger partial charge is 0.481 e. The molecule has 0 saturated carbocycles. The summed E-state index contributed by atoms with van der Waals surface area (Å²) in [5.74, 6) is -1.24. The van der Waals surface area contributed by atoms with E-state index in [1.807, 2.05) is 6.92 Å². The van der Waals surface area contributed by atoms with E-state index < -0.39 is 16.6 Å². The first-order valence-electron chi connectivity index (χ1n) is 6.60. The number of nitro groups is 1. The summed E-state index contributed by atoms with van der Waals surface area (Å²) in [4.78, 5) is 21.3. The van der Waals surface area contributed by atoms with Gasteiger partial charge in [-0.2, -0.15) is 0 Å². The molecule has 9 heteroatoms. The molecule has 0 bridgehead atoms. The number of hydrogen-bond acceptors (Lipinski definition) is 5. The zero-order chi connectivity index (χ0) is 16.3. The second kappa shape index (κ2) is 6.24. The average Bonchev–Trinajstić information content (AvgIpc) is 2.77. The third kappa shape index (κ3) is 3.89. The van der Waals surface area contributed by atoms with Crippen LogP contribution in [0.15, 0.2) is 24.3 Å². The van der Waals surface area contributed by atoms with Gasteiger partial charge in [0.2, 0.25) is 0 Å². The molecule has 1 heterocycles. The predicted octanol–water partition coefficient (Wildman–Crippen LogP) is 1.24. The van der Waals surface area contributed by atoms with Crippen molar-refractivity contribution in [2.45, 2.75) is 31.3 Å². The molecule has 2 unspecified atom stereocenters. The van der Waals surface area contributed by atoms with Gasteiger partial charge < -0.3 is 10.4 Å². The number of nitro benzene ring substituents is 1. The molecule has 0 radical (unpaired) electrons. The fourth-order valence-corrected chi connectivity index (χ4v) is 2.77. The smallest absolute Gasteiger partial charge is 0.303 e. The lowest BCUT2D eigenvalue weighted by molar-refractivity contribution is -0.384. The lowest BCUT2D eigenvalue weighted by atomic mass is 9.87. The Morgan fingerprint density at radius 3 is 2.55 bits per heavy atom. The zero-order valence-electron chi connectivity index (χ0n) is 11.8. The van der Waals surface area contributed by atoms with E-state index in [0.717, 1.165) is 5.56 Å². The summed E-state index contributed by atoms with van der Waals surface area (Å²) < 4.78 is 0. The van der Waals surface area contributed by atoms with Crippen molar-refractivity contribution in [2.24, 2.45) is 0 Å². The molecular weight excluding hydrogens is 308 g/mol. The van der Waals surface area contributed by atoms with E-state index in [2.05, 4.69) is 16.2 Å². The number of carbonyl (C=O) groups is 1. The van der Waals surface area contributed by atoms with E-state index in [1.54, 1.807) is 12.1 Å². The van der Waals surface area contributed by atoms with Crippen LogP contribution in [0.2, 0.25) is 0 Å². The number of non-ortho nitro benzene ring substituents is 1. The van der Waals surface area contributed by atoms with E-state index in [0.29, 0.717) is 11.5 Å². The summed E-state index contributed by atoms with van der Waals surface area (Å²) in [6, 6.07) is 5.95. The molecule has 2 atom stereocenters. The molecule has 22 heavy (non-hydrogen) atoms. The van der Waals surface area contributed by atoms with Crippen molar-refractivity contribution >= 4 is 29.0 Å². The molecule has 0 spiro atoms. The average molecular weight is 324 g/mol. The van der Waals surface area contributed by atoms with Gasteiger partial charge in [-0.15, -0.1) is 0 Å². The van der Waals surface area contributed by atoms with Gasteiger partial charge in [0.15, 0.2) is 5.11 Å². The molecule has 4 N–H and O–H groups in total. The van der Waals surface area contributed by atoms with E-state index in [1.165, 1.54) is 12.1 Å². The Bertz CT molecular complexity index is 607. The van der Waals surface area contributed by atoms with Gasteiger partial charge in [0.25, 0.3) is 5.69 Å². The Hall–Kier alpha value is -2.26. The highest BCUT2D eigenvalue weighted by atomic mass is 32.1. The lowest BCUT2D eigenvalue weighted by Gasteiger charge is -2.28. The minimum atomic E-state index is -0.930. The number of hydrazine groups is 1. The number of carboxylic acids is 1. The molecule has 1 aromatic carbocycles. The van der Waals surface area contributed by atoms with Crippen molar-refractivity contribution in [3.63, 3.8) is 0 Å². The highest BCUT2D eigenvalue weighted by Gasteiger charge is 2.34. The van der Waals surface area contributed by atoms with Crippen molar-refractivity contribution in [2.75, 3.05) is 0 Å². The Kier molecular flexibility index (Phi) is 4.57. The summed E-state index contributed by atoms with van der Waals surface area (Å²) in [5, 5.41) is 23.3. The van der Waals surface area contributed by atoms with Crippen molar-refractivity contribution in [3.8, 4) is 0 Å². The van der Waals surface area contributed by atoms with Gasteiger partial charge in [-0.3, -0.25) is 20.3 Å². The molecule has 1 aromatic rings. The summed E-state index contributed by atoms with van der Waals surface area (Å²) in [6.07, 6.45) is 0.369. The first kappa shape index (κ1) is 16.1. The molecule has 118 valence electrons. The van der Waals surface area contributed by atoms with Gasteiger partial charge >= 0.3 is 5.97 Å². The molecule has 8 nitrogen and oxygen atoms in total. The van der Waals surface area contributed by atoms with Crippen LogP contribution in [-0.2, 0) is 4.79 Å². The van der Waals surface area contributed by atoms with Crippen molar-refractivity contribution in [3.05, 3.63) is 39.9 Å².